The standard InChI is InChI=1S/C5H10O3S/c1-4(5-2-3-5)8-9(6)7/h4-5H,2-3H2,1H3,(H,6,7). The highest BCUT2D eigenvalue weighted by Crippen LogP contribution is 2.34. The number of hydrogen-bond acceptors (Lipinski definition) is 2. The highest BCUT2D eigenvalue weighted by atomic mass is 32.2. The van der Waals surface area contributed by atoms with Crippen molar-refractivity contribution < 1.29 is 12.9 Å². The van der Waals surface area contributed by atoms with Crippen molar-refractivity contribution in [1.29, 1.82) is 0 Å². The minimum absolute atomic E-state index is 0.0455. The first-order valence-electron chi connectivity index (χ1n) is 2.98. The van der Waals surface area contributed by atoms with Crippen molar-refractivity contribution in [2.75, 3.05) is 0 Å². The van der Waals surface area contributed by atoms with Crippen LogP contribution in [-0.4, -0.2) is 14.9 Å². The van der Waals surface area contributed by atoms with E-state index >= 15 is 0 Å². The Morgan fingerprint density at radius 3 is 2.67 bits per heavy atom. The van der Waals surface area contributed by atoms with E-state index in [9.17, 15) is 4.21 Å². The molecule has 1 aliphatic rings. The Morgan fingerprint density at radius 1 is 1.78 bits per heavy atom. The fourth-order valence-electron chi connectivity index (χ4n) is 0.774. The van der Waals surface area contributed by atoms with E-state index in [0.717, 1.165) is 12.8 Å². The lowest BCUT2D eigenvalue weighted by atomic mass is 10.3. The van der Waals surface area contributed by atoms with E-state index < -0.39 is 11.4 Å². The van der Waals surface area contributed by atoms with Crippen LogP contribution in [0.2, 0.25) is 0 Å². The maximum Gasteiger partial charge on any atom is 0.302 e. The van der Waals surface area contributed by atoms with Crippen LogP contribution in [0.4, 0.5) is 0 Å². The largest absolute Gasteiger partial charge is 0.302 e. The van der Waals surface area contributed by atoms with Crippen molar-refractivity contribution in [1.82, 2.24) is 0 Å². The summed E-state index contributed by atoms with van der Waals surface area (Å²) in [6.45, 7) is 1.83. The first-order chi connectivity index (χ1) is 4.20. The molecule has 2 atom stereocenters. The molecule has 1 N–H and O–H groups in total. The zero-order valence-corrected chi connectivity index (χ0v) is 6.06. The van der Waals surface area contributed by atoms with E-state index in [2.05, 4.69) is 4.18 Å². The van der Waals surface area contributed by atoms with Gasteiger partial charge in [-0.2, -0.15) is 4.21 Å². The molecule has 0 radical (unpaired) electrons. The van der Waals surface area contributed by atoms with Crippen LogP contribution in [0.25, 0.3) is 0 Å². The molecular weight excluding hydrogens is 140 g/mol. The van der Waals surface area contributed by atoms with Gasteiger partial charge in [-0.05, 0) is 25.7 Å². The van der Waals surface area contributed by atoms with Gasteiger partial charge >= 0.3 is 11.4 Å². The SMILES string of the molecule is CC(OS(=O)O)C1CC1. The molecule has 0 spiro atoms. The molecule has 4 heteroatoms. The molecule has 0 aromatic heterocycles. The molecule has 0 amide bonds. The summed E-state index contributed by atoms with van der Waals surface area (Å²) >= 11 is -2.08. The van der Waals surface area contributed by atoms with Crippen molar-refractivity contribution in [2.24, 2.45) is 5.92 Å². The van der Waals surface area contributed by atoms with E-state index in [1.165, 1.54) is 0 Å². The van der Waals surface area contributed by atoms with Crippen LogP contribution >= 0.6 is 0 Å². The van der Waals surface area contributed by atoms with Gasteiger partial charge < -0.3 is 0 Å². The summed E-state index contributed by atoms with van der Waals surface area (Å²) < 4.78 is 22.9. The minimum atomic E-state index is -2.08. The van der Waals surface area contributed by atoms with Crippen molar-refractivity contribution in [3.63, 3.8) is 0 Å². The van der Waals surface area contributed by atoms with Gasteiger partial charge in [0.1, 0.15) is 0 Å². The predicted molar refractivity (Wildman–Crippen MR) is 34.0 cm³/mol. The lowest BCUT2D eigenvalue weighted by Gasteiger charge is -2.05. The number of rotatable bonds is 3. The molecule has 2 unspecified atom stereocenters. The molecule has 0 saturated heterocycles. The lowest BCUT2D eigenvalue weighted by Crippen LogP contribution is -2.11. The van der Waals surface area contributed by atoms with Gasteiger partial charge in [0.25, 0.3) is 0 Å². The van der Waals surface area contributed by atoms with Crippen molar-refractivity contribution >= 4 is 11.4 Å². The van der Waals surface area contributed by atoms with Crippen LogP contribution in [-0.2, 0) is 15.5 Å². The first kappa shape index (κ1) is 7.18. The maximum absolute atomic E-state index is 10.0. The Kier molecular flexibility index (Phi) is 2.21. The molecule has 54 valence electrons. The maximum atomic E-state index is 10.0. The van der Waals surface area contributed by atoms with Crippen LogP contribution in [0.5, 0.6) is 0 Å². The van der Waals surface area contributed by atoms with Gasteiger partial charge in [0.05, 0.1) is 6.10 Å². The van der Waals surface area contributed by atoms with Gasteiger partial charge in [-0.1, -0.05) is 0 Å². The fraction of sp³-hybridized carbons (Fsp3) is 1.00. The molecule has 3 nitrogen and oxygen atoms in total. The molecule has 0 aromatic rings. The second kappa shape index (κ2) is 2.77. The summed E-state index contributed by atoms with van der Waals surface area (Å²) in [6.07, 6.45) is 2.23. The lowest BCUT2D eigenvalue weighted by molar-refractivity contribution is 0.200. The highest BCUT2D eigenvalue weighted by molar-refractivity contribution is 7.74. The highest BCUT2D eigenvalue weighted by Gasteiger charge is 2.29. The summed E-state index contributed by atoms with van der Waals surface area (Å²) in [4.78, 5) is 0. The van der Waals surface area contributed by atoms with Crippen molar-refractivity contribution in [3.05, 3.63) is 0 Å². The molecule has 0 heterocycles. The zero-order chi connectivity index (χ0) is 6.85. The second-order valence-electron chi connectivity index (χ2n) is 2.36. The average Bonchev–Trinajstić information content (AvgIpc) is 2.40. The minimum Gasteiger partial charge on any atom is -0.284 e. The first-order valence-corrected chi connectivity index (χ1v) is 4.01. The van der Waals surface area contributed by atoms with E-state index in [0.29, 0.717) is 5.92 Å². The normalized spacial score (nSPS) is 25.6. The van der Waals surface area contributed by atoms with Gasteiger partial charge in [-0.3, -0.25) is 8.74 Å². The fourth-order valence-corrected chi connectivity index (χ4v) is 1.19. The van der Waals surface area contributed by atoms with Crippen LogP contribution in [0.1, 0.15) is 19.8 Å². The van der Waals surface area contributed by atoms with Crippen molar-refractivity contribution in [3.8, 4) is 0 Å². The van der Waals surface area contributed by atoms with E-state index in [1.807, 2.05) is 6.92 Å². The van der Waals surface area contributed by atoms with Crippen LogP contribution in [0.3, 0.4) is 0 Å². The summed E-state index contributed by atoms with van der Waals surface area (Å²) in [6, 6.07) is 0. The molecule has 1 rings (SSSR count). The molecule has 0 aromatic carbocycles. The number of hydrogen-bond donors (Lipinski definition) is 1. The summed E-state index contributed by atoms with van der Waals surface area (Å²) in [5, 5.41) is 0. The molecule has 1 fully saturated rings. The smallest absolute Gasteiger partial charge is 0.284 e. The Morgan fingerprint density at radius 2 is 2.33 bits per heavy atom. The van der Waals surface area contributed by atoms with Gasteiger partial charge in [-0.15, -0.1) is 0 Å². The van der Waals surface area contributed by atoms with Crippen LogP contribution < -0.4 is 0 Å². The van der Waals surface area contributed by atoms with Crippen LogP contribution in [0, 0.1) is 5.92 Å². The molecule has 0 aliphatic heterocycles. The van der Waals surface area contributed by atoms with Gasteiger partial charge in [0.2, 0.25) is 0 Å². The molecule has 1 saturated carbocycles. The van der Waals surface area contributed by atoms with Crippen LogP contribution in [0.15, 0.2) is 0 Å². The molecule has 0 bridgehead atoms. The Balaban J connectivity index is 2.17. The van der Waals surface area contributed by atoms with Crippen molar-refractivity contribution in [2.45, 2.75) is 25.9 Å². The van der Waals surface area contributed by atoms with Gasteiger partial charge in [-0.25, -0.2) is 0 Å². The average molecular weight is 150 g/mol. The Labute approximate surface area is 56.9 Å². The molecule has 1 aliphatic carbocycles. The summed E-state index contributed by atoms with van der Waals surface area (Å²) in [5.41, 5.74) is 0. The third-order valence-corrected chi connectivity index (χ3v) is 1.99. The van der Waals surface area contributed by atoms with Gasteiger partial charge in [0.15, 0.2) is 0 Å². The quantitative estimate of drug-likeness (QED) is 0.609. The Hall–Kier alpha value is 0.0700. The monoisotopic (exact) mass is 150 g/mol. The predicted octanol–water partition coefficient (Wildman–Crippen LogP) is 0.938. The third kappa shape index (κ3) is 2.43. The topological polar surface area (TPSA) is 46.5 Å². The second-order valence-corrected chi connectivity index (χ2v) is 2.98. The van der Waals surface area contributed by atoms with Gasteiger partial charge in [0, 0.05) is 0 Å². The zero-order valence-electron chi connectivity index (χ0n) is 5.24. The molecular formula is C5H10O3S. The summed E-state index contributed by atoms with van der Waals surface area (Å²) in [7, 11) is 0. The van der Waals surface area contributed by atoms with E-state index in [-0.39, 0.29) is 6.10 Å². The summed E-state index contributed by atoms with van der Waals surface area (Å²) in [5.74, 6) is 0.529. The van der Waals surface area contributed by atoms with E-state index in [1.54, 1.807) is 0 Å². The Bertz CT molecular complexity index is 121. The van der Waals surface area contributed by atoms with E-state index in [4.69, 9.17) is 4.55 Å². The third-order valence-electron chi connectivity index (χ3n) is 1.52. The molecule has 9 heavy (non-hydrogen) atoms.